The summed E-state index contributed by atoms with van der Waals surface area (Å²) in [7, 11) is 0. The summed E-state index contributed by atoms with van der Waals surface area (Å²) in [5, 5.41) is 27.2. The van der Waals surface area contributed by atoms with Crippen molar-refractivity contribution < 1.29 is 33.8 Å². The zero-order valence-electron chi connectivity index (χ0n) is 31.4. The Hall–Kier alpha value is -6.72. The molecule has 12 nitrogen and oxygen atoms in total. The van der Waals surface area contributed by atoms with E-state index in [0.717, 1.165) is 22.3 Å². The van der Waals surface area contributed by atoms with Gasteiger partial charge in [0.2, 0.25) is 12.0 Å². The number of carbonyl (C=O) groups is 4. The fraction of sp³-hybridized carbons (Fsp3) is 0.156. The van der Waals surface area contributed by atoms with E-state index in [9.17, 15) is 24.3 Å². The third kappa shape index (κ3) is 8.67. The number of hydrogen-bond acceptors (Lipinski definition) is 9. The highest BCUT2D eigenvalue weighted by molar-refractivity contribution is 7.12. The smallest absolute Gasteiger partial charge is 0.326 e. The number of pyridine rings is 1. The number of ether oxygens (including phenoxy) is 2. The third-order valence-electron chi connectivity index (χ3n) is 10.3. The van der Waals surface area contributed by atoms with Gasteiger partial charge in [0.1, 0.15) is 35.3 Å². The van der Waals surface area contributed by atoms with Crippen molar-refractivity contribution in [3.8, 4) is 28.7 Å². The molecular formula is C45H33Cl2N5O7S. The van der Waals surface area contributed by atoms with Crippen LogP contribution in [-0.2, 0) is 40.4 Å². The summed E-state index contributed by atoms with van der Waals surface area (Å²) in [5.74, 6) is -1.66. The van der Waals surface area contributed by atoms with E-state index in [1.165, 1.54) is 16.2 Å². The van der Waals surface area contributed by atoms with Gasteiger partial charge >= 0.3 is 5.97 Å². The van der Waals surface area contributed by atoms with Gasteiger partial charge in [0, 0.05) is 36.7 Å². The molecule has 1 unspecified atom stereocenters. The second kappa shape index (κ2) is 17.2. The highest BCUT2D eigenvalue weighted by atomic mass is 35.5. The van der Waals surface area contributed by atoms with E-state index in [-0.39, 0.29) is 37.1 Å². The van der Waals surface area contributed by atoms with Gasteiger partial charge < -0.3 is 30.1 Å². The van der Waals surface area contributed by atoms with Crippen molar-refractivity contribution in [2.45, 2.75) is 44.2 Å². The molecule has 0 bridgehead atoms. The van der Waals surface area contributed by atoms with Crippen molar-refractivity contribution in [3.05, 3.63) is 163 Å². The van der Waals surface area contributed by atoms with Crippen molar-refractivity contribution in [2.75, 3.05) is 5.32 Å². The summed E-state index contributed by atoms with van der Waals surface area (Å²) in [6.07, 6.45) is 0.663. The second-order valence-corrected chi connectivity index (χ2v) is 15.9. The number of carbonyl (C=O) groups excluding carboxylic acids is 3. The molecule has 6 aromatic rings. The molecule has 3 N–H and O–H groups in total. The molecule has 2 aliphatic rings. The second-order valence-electron chi connectivity index (χ2n) is 14.2. The van der Waals surface area contributed by atoms with Crippen LogP contribution in [0.4, 0.5) is 5.69 Å². The van der Waals surface area contributed by atoms with Gasteiger partial charge in [-0.3, -0.25) is 14.4 Å². The Kier molecular flexibility index (Phi) is 11.5. The summed E-state index contributed by atoms with van der Waals surface area (Å²) in [6, 6.07) is 29.7. The van der Waals surface area contributed by atoms with E-state index in [1.54, 1.807) is 90.4 Å². The number of thiophene rings is 1. The standard InChI is InChI=1S/C45H33Cl2N5O7S/c46-34-16-27(22-49-41(34)47)24-58-33-13-11-30(12-14-33)40-43(54)50-35-18-31-19-37(52(23-32(31)20-38(35)59-40)44(55)39-2-1-15-60-39)42(53)51-36(45(56)57)17-25-3-7-28(8-4-25)29-9-5-26(21-48)6-10-29/h1-16,18,20,22,36-37,40H,17,19,23-24H2,(H,50,54)(H,51,53)(H,56,57)/t36?,37-,40-/m0/s1. The number of anilines is 1. The predicted octanol–water partition coefficient (Wildman–Crippen LogP) is 8.02. The van der Waals surface area contributed by atoms with Crippen LogP contribution in [0, 0.1) is 11.3 Å². The third-order valence-corrected chi connectivity index (χ3v) is 11.8. The molecule has 4 heterocycles. The Bertz CT molecular complexity index is 2650. The molecule has 0 saturated heterocycles. The normalized spacial score (nSPS) is 15.9. The van der Waals surface area contributed by atoms with Gasteiger partial charge in [-0.2, -0.15) is 5.26 Å². The fourth-order valence-corrected chi connectivity index (χ4v) is 8.09. The van der Waals surface area contributed by atoms with Crippen molar-refractivity contribution in [1.82, 2.24) is 15.2 Å². The number of nitrogens with one attached hydrogen (secondary N) is 2. The molecule has 0 aliphatic carbocycles. The summed E-state index contributed by atoms with van der Waals surface area (Å²) >= 11 is 13.2. The number of rotatable bonds is 11. The highest BCUT2D eigenvalue weighted by Gasteiger charge is 2.39. The zero-order valence-corrected chi connectivity index (χ0v) is 33.8. The lowest BCUT2D eigenvalue weighted by molar-refractivity contribution is -0.142. The van der Waals surface area contributed by atoms with E-state index in [0.29, 0.717) is 49.3 Å². The van der Waals surface area contributed by atoms with Crippen LogP contribution >= 0.6 is 34.5 Å². The summed E-state index contributed by atoms with van der Waals surface area (Å²) in [5.41, 5.74) is 6.17. The average Bonchev–Trinajstić information content (AvgIpc) is 3.81. The van der Waals surface area contributed by atoms with Gasteiger partial charge in [0.05, 0.1) is 27.2 Å². The van der Waals surface area contributed by atoms with Crippen molar-refractivity contribution >= 4 is 63.9 Å². The van der Waals surface area contributed by atoms with Crippen LogP contribution in [0.3, 0.4) is 0 Å². The van der Waals surface area contributed by atoms with Gasteiger partial charge in [-0.1, -0.05) is 77.8 Å². The van der Waals surface area contributed by atoms with E-state index in [1.807, 2.05) is 24.3 Å². The van der Waals surface area contributed by atoms with Gasteiger partial charge in [0.25, 0.3) is 11.8 Å². The number of carboxylic acid groups (broad SMARTS) is 1. The van der Waals surface area contributed by atoms with Crippen LogP contribution in [0.25, 0.3) is 11.1 Å². The lowest BCUT2D eigenvalue weighted by Gasteiger charge is -2.37. The van der Waals surface area contributed by atoms with E-state index >= 15 is 0 Å². The van der Waals surface area contributed by atoms with E-state index in [2.05, 4.69) is 21.7 Å². The quantitative estimate of drug-likeness (QED) is 0.109. The minimum atomic E-state index is -1.29. The lowest BCUT2D eigenvalue weighted by Crippen LogP contribution is -2.55. The van der Waals surface area contributed by atoms with E-state index in [4.69, 9.17) is 37.9 Å². The molecule has 0 fully saturated rings. The number of fused-ring (bicyclic) bond motifs is 2. The predicted molar refractivity (Wildman–Crippen MR) is 225 cm³/mol. The van der Waals surface area contributed by atoms with Crippen LogP contribution < -0.4 is 20.1 Å². The molecule has 15 heteroatoms. The first-order valence-corrected chi connectivity index (χ1v) is 20.3. The minimum Gasteiger partial charge on any atom is -0.489 e. The number of carboxylic acids is 1. The largest absolute Gasteiger partial charge is 0.489 e. The molecule has 4 aromatic carbocycles. The molecule has 3 amide bonds. The van der Waals surface area contributed by atoms with Crippen LogP contribution in [0.1, 0.15) is 49.2 Å². The molecule has 2 aliphatic heterocycles. The van der Waals surface area contributed by atoms with Crippen molar-refractivity contribution in [1.29, 1.82) is 5.26 Å². The first kappa shape index (κ1) is 40.1. The first-order valence-electron chi connectivity index (χ1n) is 18.7. The van der Waals surface area contributed by atoms with Crippen LogP contribution in [0.15, 0.2) is 115 Å². The number of nitriles is 1. The molecule has 2 aromatic heterocycles. The van der Waals surface area contributed by atoms with Crippen LogP contribution in [0.2, 0.25) is 10.2 Å². The van der Waals surface area contributed by atoms with E-state index < -0.39 is 36.0 Å². The van der Waals surface area contributed by atoms with Crippen molar-refractivity contribution in [2.24, 2.45) is 0 Å². The molecular weight excluding hydrogens is 825 g/mol. The average molecular weight is 859 g/mol. The van der Waals surface area contributed by atoms with Gasteiger partial charge in [0.15, 0.2) is 0 Å². The number of hydrogen-bond donors (Lipinski definition) is 3. The van der Waals surface area contributed by atoms with Gasteiger partial charge in [-0.15, -0.1) is 11.3 Å². The fourth-order valence-electron chi connectivity index (χ4n) is 7.12. The maximum atomic E-state index is 14.1. The zero-order chi connectivity index (χ0) is 41.9. The Labute approximate surface area is 357 Å². The molecule has 0 radical (unpaired) electrons. The Morgan fingerprint density at radius 3 is 2.38 bits per heavy atom. The molecule has 60 heavy (non-hydrogen) atoms. The number of amides is 3. The monoisotopic (exact) mass is 857 g/mol. The first-order chi connectivity index (χ1) is 29.0. The van der Waals surface area contributed by atoms with Crippen LogP contribution in [-0.4, -0.2) is 50.8 Å². The molecule has 0 spiro atoms. The number of benzene rings is 4. The maximum Gasteiger partial charge on any atom is 0.326 e. The Balaban J connectivity index is 0.981. The van der Waals surface area contributed by atoms with Gasteiger partial charge in [-0.25, -0.2) is 9.78 Å². The Morgan fingerprint density at radius 1 is 0.983 bits per heavy atom. The molecule has 3 atom stereocenters. The SMILES string of the molecule is N#Cc1ccc(-c2ccc(CC(NC(=O)[C@@H]3Cc4cc5c(cc4CN3C(=O)c3cccs3)O[C@@H](c3ccc(OCc4cnc(Cl)c(Cl)c4)cc3)C(=O)N5)C(=O)O)cc2)cc1. The number of aromatic nitrogens is 1. The number of nitrogens with zero attached hydrogens (tertiary/aromatic N) is 3. The van der Waals surface area contributed by atoms with Crippen LogP contribution in [0.5, 0.6) is 11.5 Å². The Morgan fingerprint density at radius 2 is 1.72 bits per heavy atom. The highest BCUT2D eigenvalue weighted by Crippen LogP contribution is 2.40. The molecule has 300 valence electrons. The lowest BCUT2D eigenvalue weighted by atomic mass is 9.91. The topological polar surface area (TPSA) is 171 Å². The summed E-state index contributed by atoms with van der Waals surface area (Å²) in [6.45, 7) is 0.239. The minimum absolute atomic E-state index is 0.00113. The summed E-state index contributed by atoms with van der Waals surface area (Å²) in [4.78, 5) is 59.9. The van der Waals surface area contributed by atoms with Gasteiger partial charge in [-0.05, 0) is 81.7 Å². The summed E-state index contributed by atoms with van der Waals surface area (Å²) < 4.78 is 12.1. The molecule has 8 rings (SSSR count). The number of halogens is 2. The molecule has 0 saturated carbocycles. The number of aliphatic carboxylic acids is 1. The maximum absolute atomic E-state index is 14.1. The van der Waals surface area contributed by atoms with Crippen molar-refractivity contribution in [3.63, 3.8) is 0 Å².